The molecule has 0 aromatic heterocycles. The van der Waals surface area contributed by atoms with Crippen LogP contribution in [0.15, 0.2) is 58.2 Å². The lowest BCUT2D eigenvalue weighted by molar-refractivity contribution is -0.126. The number of rotatable bonds is 3. The number of oxime groups is 1. The molecule has 2 aliphatic rings. The van der Waals surface area contributed by atoms with Crippen LogP contribution in [0, 0.1) is 5.92 Å². The Balaban J connectivity index is 1.73. The number of para-hydroxylation sites is 1. The minimum atomic E-state index is -1.04. The average Bonchev–Trinajstić information content (AvgIpc) is 3.22. The van der Waals surface area contributed by atoms with Gasteiger partial charge in [-0.3, -0.25) is 9.59 Å². The first-order valence-electron chi connectivity index (χ1n) is 8.07. The normalized spacial score (nSPS) is 21.0. The van der Waals surface area contributed by atoms with Crippen molar-refractivity contribution < 1.29 is 24.0 Å². The van der Waals surface area contributed by atoms with Gasteiger partial charge in [-0.05, 0) is 24.3 Å². The number of fused-ring (bicyclic) bond motifs is 1. The first-order chi connectivity index (χ1) is 13.0. The minimum absolute atomic E-state index is 0.129. The molecule has 0 aliphatic carbocycles. The summed E-state index contributed by atoms with van der Waals surface area (Å²) in [6, 6.07) is 13.5. The van der Waals surface area contributed by atoms with E-state index in [-0.39, 0.29) is 11.3 Å². The summed E-state index contributed by atoms with van der Waals surface area (Å²) in [6.45, 7) is 0. The lowest BCUT2D eigenvalue weighted by Gasteiger charge is -2.18. The summed E-state index contributed by atoms with van der Waals surface area (Å²) in [5, 5.41) is 3.96. The number of ether oxygens (including phenoxy) is 1. The van der Waals surface area contributed by atoms with Gasteiger partial charge in [-0.25, -0.2) is 9.69 Å². The second-order valence-corrected chi connectivity index (χ2v) is 6.92. The van der Waals surface area contributed by atoms with Crippen molar-refractivity contribution in [3.05, 3.63) is 64.1 Å². The van der Waals surface area contributed by atoms with Crippen molar-refractivity contribution in [2.24, 2.45) is 11.1 Å². The van der Waals surface area contributed by atoms with Crippen LogP contribution in [-0.2, 0) is 19.2 Å². The van der Waals surface area contributed by atoms with Gasteiger partial charge in [0.05, 0.1) is 18.4 Å². The molecule has 0 bridgehead atoms. The van der Waals surface area contributed by atoms with E-state index in [1.807, 2.05) is 12.1 Å². The van der Waals surface area contributed by atoms with E-state index in [9.17, 15) is 14.4 Å². The molecule has 0 saturated carbocycles. The van der Waals surface area contributed by atoms with E-state index in [0.29, 0.717) is 11.3 Å². The van der Waals surface area contributed by atoms with Crippen molar-refractivity contribution in [3.8, 4) is 0 Å². The summed E-state index contributed by atoms with van der Waals surface area (Å²) in [5.74, 6) is -2.53. The summed E-state index contributed by atoms with van der Waals surface area (Å²) in [5.41, 5.74) is 1.38. The van der Waals surface area contributed by atoms with Crippen LogP contribution >= 0.6 is 15.9 Å². The third-order valence-electron chi connectivity index (χ3n) is 4.50. The molecule has 2 atom stereocenters. The zero-order chi connectivity index (χ0) is 19.1. The number of esters is 1. The zero-order valence-electron chi connectivity index (χ0n) is 14.1. The standard InChI is InChI=1S/C19H13BrN2O5/c1-26-19(25)12-4-2-3-5-13(12)22-17(23)14-15(21-27-16(14)18(22)24)10-6-8-11(20)9-7-10/h2-9,14,16H,1H3/t14-,16+/m1/s1. The highest BCUT2D eigenvalue weighted by atomic mass is 79.9. The van der Waals surface area contributed by atoms with E-state index in [1.54, 1.807) is 24.3 Å². The molecule has 2 aromatic rings. The first kappa shape index (κ1) is 17.4. The van der Waals surface area contributed by atoms with Crippen molar-refractivity contribution in [2.45, 2.75) is 6.10 Å². The van der Waals surface area contributed by atoms with Gasteiger partial charge in [0.1, 0.15) is 11.6 Å². The van der Waals surface area contributed by atoms with Gasteiger partial charge in [0.2, 0.25) is 12.0 Å². The number of methoxy groups -OCH3 is 1. The Morgan fingerprint density at radius 1 is 1.11 bits per heavy atom. The van der Waals surface area contributed by atoms with Crippen molar-refractivity contribution >= 4 is 45.1 Å². The number of imide groups is 1. The largest absolute Gasteiger partial charge is 0.465 e. The van der Waals surface area contributed by atoms with Gasteiger partial charge in [-0.1, -0.05) is 45.4 Å². The zero-order valence-corrected chi connectivity index (χ0v) is 15.7. The highest BCUT2D eigenvalue weighted by Gasteiger charge is 2.56. The van der Waals surface area contributed by atoms with Crippen molar-refractivity contribution in [2.75, 3.05) is 12.0 Å². The maximum absolute atomic E-state index is 13.1. The van der Waals surface area contributed by atoms with Crippen LogP contribution in [0.3, 0.4) is 0 Å². The molecule has 2 aromatic carbocycles. The molecule has 27 heavy (non-hydrogen) atoms. The predicted molar refractivity (Wildman–Crippen MR) is 99.3 cm³/mol. The Morgan fingerprint density at radius 2 is 1.81 bits per heavy atom. The molecule has 136 valence electrons. The van der Waals surface area contributed by atoms with Crippen LogP contribution in [0.2, 0.25) is 0 Å². The summed E-state index contributed by atoms with van der Waals surface area (Å²) >= 11 is 3.36. The number of nitrogens with zero attached hydrogens (tertiary/aromatic N) is 2. The van der Waals surface area contributed by atoms with Gasteiger partial charge in [-0.2, -0.15) is 0 Å². The second kappa shape index (κ2) is 6.62. The number of hydrogen-bond donors (Lipinski definition) is 0. The molecule has 1 fully saturated rings. The molecule has 0 radical (unpaired) electrons. The SMILES string of the molecule is COC(=O)c1ccccc1N1C(=O)[C@@H]2C(c3ccc(Br)cc3)=NO[C@@H]2C1=O. The summed E-state index contributed by atoms with van der Waals surface area (Å²) in [6.07, 6.45) is -1.04. The van der Waals surface area contributed by atoms with E-state index in [1.165, 1.54) is 19.2 Å². The number of hydrogen-bond acceptors (Lipinski definition) is 6. The van der Waals surface area contributed by atoms with E-state index < -0.39 is 29.8 Å². The fourth-order valence-corrected chi connectivity index (χ4v) is 3.49. The quantitative estimate of drug-likeness (QED) is 0.553. The molecule has 2 aliphatic heterocycles. The summed E-state index contributed by atoms with van der Waals surface area (Å²) in [7, 11) is 1.24. The third kappa shape index (κ3) is 2.73. The van der Waals surface area contributed by atoms with Crippen molar-refractivity contribution in [3.63, 3.8) is 0 Å². The molecule has 0 spiro atoms. The number of anilines is 1. The van der Waals surface area contributed by atoms with Gasteiger partial charge in [0, 0.05) is 10.0 Å². The summed E-state index contributed by atoms with van der Waals surface area (Å²) in [4.78, 5) is 44.2. The Labute approximate surface area is 162 Å². The van der Waals surface area contributed by atoms with Gasteiger partial charge in [0.15, 0.2) is 0 Å². The van der Waals surface area contributed by atoms with Crippen LogP contribution in [0.25, 0.3) is 0 Å². The van der Waals surface area contributed by atoms with E-state index in [2.05, 4.69) is 21.1 Å². The number of halogens is 1. The molecule has 2 heterocycles. The smallest absolute Gasteiger partial charge is 0.339 e. The predicted octanol–water partition coefficient (Wildman–Crippen LogP) is 2.53. The fraction of sp³-hybridized carbons (Fsp3) is 0.158. The molecule has 0 N–H and O–H groups in total. The van der Waals surface area contributed by atoms with E-state index >= 15 is 0 Å². The highest BCUT2D eigenvalue weighted by molar-refractivity contribution is 9.10. The number of carbonyl (C=O) groups is 3. The van der Waals surface area contributed by atoms with E-state index in [0.717, 1.165) is 9.37 Å². The van der Waals surface area contributed by atoms with E-state index in [4.69, 9.17) is 9.57 Å². The number of carbonyl (C=O) groups excluding carboxylic acids is 3. The molecule has 0 unspecified atom stereocenters. The monoisotopic (exact) mass is 428 g/mol. The molecular weight excluding hydrogens is 416 g/mol. The van der Waals surface area contributed by atoms with Gasteiger partial charge in [0.25, 0.3) is 5.91 Å². The van der Waals surface area contributed by atoms with Gasteiger partial charge in [-0.15, -0.1) is 0 Å². The first-order valence-corrected chi connectivity index (χ1v) is 8.87. The molecule has 2 amide bonds. The number of amides is 2. The Hall–Kier alpha value is -3.00. The molecule has 4 rings (SSSR count). The van der Waals surface area contributed by atoms with Crippen LogP contribution < -0.4 is 4.90 Å². The molecule has 7 nitrogen and oxygen atoms in total. The Bertz CT molecular complexity index is 986. The fourth-order valence-electron chi connectivity index (χ4n) is 3.23. The Kier molecular flexibility index (Phi) is 4.27. The molecule has 8 heteroatoms. The number of benzene rings is 2. The lowest BCUT2D eigenvalue weighted by atomic mass is 9.94. The van der Waals surface area contributed by atoms with Crippen molar-refractivity contribution in [1.29, 1.82) is 0 Å². The average molecular weight is 429 g/mol. The lowest BCUT2D eigenvalue weighted by Crippen LogP contribution is -2.34. The van der Waals surface area contributed by atoms with Crippen LogP contribution in [0.1, 0.15) is 15.9 Å². The maximum atomic E-state index is 13.1. The highest BCUT2D eigenvalue weighted by Crippen LogP contribution is 2.36. The van der Waals surface area contributed by atoms with Crippen LogP contribution in [-0.4, -0.2) is 36.7 Å². The maximum Gasteiger partial charge on any atom is 0.339 e. The molecule has 1 saturated heterocycles. The van der Waals surface area contributed by atoms with Gasteiger partial charge >= 0.3 is 5.97 Å². The topological polar surface area (TPSA) is 85.3 Å². The van der Waals surface area contributed by atoms with Gasteiger partial charge < -0.3 is 9.57 Å². The van der Waals surface area contributed by atoms with Crippen molar-refractivity contribution in [1.82, 2.24) is 0 Å². The third-order valence-corrected chi connectivity index (χ3v) is 5.03. The van der Waals surface area contributed by atoms with Crippen LogP contribution in [0.4, 0.5) is 5.69 Å². The minimum Gasteiger partial charge on any atom is -0.465 e. The van der Waals surface area contributed by atoms with Crippen LogP contribution in [0.5, 0.6) is 0 Å². The second-order valence-electron chi connectivity index (χ2n) is 6.01. The summed E-state index contributed by atoms with van der Waals surface area (Å²) < 4.78 is 5.63. The molecular formula is C19H13BrN2O5. The Morgan fingerprint density at radius 3 is 2.52 bits per heavy atom.